The predicted octanol–water partition coefficient (Wildman–Crippen LogP) is 2.49. The molecule has 134 valence electrons. The van der Waals surface area contributed by atoms with Crippen molar-refractivity contribution in [1.82, 2.24) is 4.72 Å². The van der Waals surface area contributed by atoms with Crippen LogP contribution < -0.4 is 9.46 Å². The molecule has 0 bridgehead atoms. The van der Waals surface area contributed by atoms with Crippen LogP contribution in [-0.2, 0) is 19.6 Å². The van der Waals surface area contributed by atoms with E-state index in [0.29, 0.717) is 18.8 Å². The monoisotopic (exact) mass is 395 g/mol. The van der Waals surface area contributed by atoms with Crippen molar-refractivity contribution in [3.05, 3.63) is 24.3 Å². The van der Waals surface area contributed by atoms with Gasteiger partial charge in [0.15, 0.2) is 0 Å². The van der Waals surface area contributed by atoms with E-state index < -0.39 is 20.3 Å². The number of sulfonamides is 1. The summed E-state index contributed by atoms with van der Waals surface area (Å²) in [5.74, 6) is 0.0421. The molecule has 24 heavy (non-hydrogen) atoms. The summed E-state index contributed by atoms with van der Waals surface area (Å²) in [6, 6.07) is 6.04. The van der Waals surface area contributed by atoms with Crippen molar-refractivity contribution in [3.8, 4) is 5.75 Å². The zero-order valence-corrected chi connectivity index (χ0v) is 15.5. The zero-order valence-electron chi connectivity index (χ0n) is 13.1. The van der Waals surface area contributed by atoms with E-state index in [1.54, 1.807) is 12.1 Å². The molecule has 1 fully saturated rings. The van der Waals surface area contributed by atoms with Gasteiger partial charge in [-0.05, 0) is 37.6 Å². The molecule has 1 atom stereocenters. The molecule has 9 heteroatoms. The van der Waals surface area contributed by atoms with Crippen molar-refractivity contribution in [2.45, 2.75) is 29.0 Å². The third-order valence-corrected chi connectivity index (χ3v) is 5.87. The van der Waals surface area contributed by atoms with Crippen LogP contribution in [0.25, 0.3) is 0 Å². The van der Waals surface area contributed by atoms with Crippen LogP contribution in [0.4, 0.5) is 0 Å². The van der Waals surface area contributed by atoms with Crippen LogP contribution in [0, 0.1) is 5.92 Å². The van der Waals surface area contributed by atoms with Crippen molar-refractivity contribution >= 4 is 39.2 Å². The Bertz CT molecular complexity index is 676. The first-order chi connectivity index (χ1) is 11.2. The molecule has 6 nitrogen and oxygen atoms in total. The van der Waals surface area contributed by atoms with E-state index in [0.717, 1.165) is 0 Å². The molecule has 1 N–H and O–H groups in total. The summed E-state index contributed by atoms with van der Waals surface area (Å²) in [6.45, 7) is 2.44. The number of rotatable bonds is 9. The van der Waals surface area contributed by atoms with Gasteiger partial charge in [0.1, 0.15) is 10.1 Å². The van der Waals surface area contributed by atoms with Crippen LogP contribution in [0.1, 0.15) is 19.8 Å². The third-order valence-electron chi connectivity index (χ3n) is 3.47. The lowest BCUT2D eigenvalue weighted by Crippen LogP contribution is -2.27. The van der Waals surface area contributed by atoms with Crippen LogP contribution in [0.15, 0.2) is 29.2 Å². The largest absolute Gasteiger partial charge is 0.494 e. The van der Waals surface area contributed by atoms with Gasteiger partial charge in [-0.25, -0.2) is 13.1 Å². The second-order valence-corrected chi connectivity index (χ2v) is 8.71. The number of esters is 1. The van der Waals surface area contributed by atoms with Crippen molar-refractivity contribution < 1.29 is 22.7 Å². The number of benzene rings is 1. The molecular weight excluding hydrogens is 377 g/mol. The number of ether oxygens (including phenoxy) is 2. The number of hydrogen-bond donors (Lipinski definition) is 1. The smallest absolute Gasteiger partial charge is 0.307 e. The molecule has 1 aromatic rings. The van der Waals surface area contributed by atoms with E-state index in [2.05, 4.69) is 4.72 Å². The van der Waals surface area contributed by atoms with E-state index >= 15 is 0 Å². The third kappa shape index (κ3) is 5.51. The summed E-state index contributed by atoms with van der Waals surface area (Å²) >= 11 is 11.7. The van der Waals surface area contributed by atoms with Gasteiger partial charge in [-0.2, -0.15) is 0 Å². The standard InChI is InChI=1S/C15H19Cl2NO5S/c1-2-22-12-3-5-13(6-4-12)24(20,21)18-8-7-14(19)23-10-11-9-15(11,16)17/h3-6,11,18H,2,7-10H2,1H3. The van der Waals surface area contributed by atoms with Crippen molar-refractivity contribution in [2.75, 3.05) is 19.8 Å². The summed E-state index contributed by atoms with van der Waals surface area (Å²) in [4.78, 5) is 11.7. The maximum Gasteiger partial charge on any atom is 0.307 e. The minimum atomic E-state index is -3.68. The molecule has 0 radical (unpaired) electrons. The highest BCUT2D eigenvalue weighted by Crippen LogP contribution is 2.53. The molecule has 0 aliphatic heterocycles. The Labute approximate surface area is 151 Å². The van der Waals surface area contributed by atoms with Gasteiger partial charge in [0.05, 0.1) is 24.5 Å². The number of alkyl halides is 2. The molecular formula is C15H19Cl2NO5S. The second kappa shape index (κ2) is 7.91. The van der Waals surface area contributed by atoms with Crippen molar-refractivity contribution in [3.63, 3.8) is 0 Å². The van der Waals surface area contributed by atoms with Gasteiger partial charge in [0.25, 0.3) is 0 Å². The Morgan fingerprint density at radius 1 is 1.33 bits per heavy atom. The Hall–Kier alpha value is -1.02. The number of nitrogens with one attached hydrogen (secondary N) is 1. The Morgan fingerprint density at radius 2 is 1.96 bits per heavy atom. The maximum atomic E-state index is 12.1. The average molecular weight is 396 g/mol. The average Bonchev–Trinajstić information content (AvgIpc) is 3.13. The van der Waals surface area contributed by atoms with Crippen LogP contribution in [0.2, 0.25) is 0 Å². The zero-order chi connectivity index (χ0) is 17.8. The van der Waals surface area contributed by atoms with Gasteiger partial charge in [-0.3, -0.25) is 4.79 Å². The van der Waals surface area contributed by atoms with Crippen molar-refractivity contribution in [2.24, 2.45) is 5.92 Å². The molecule has 1 saturated carbocycles. The van der Waals surface area contributed by atoms with Gasteiger partial charge in [0, 0.05) is 12.5 Å². The Morgan fingerprint density at radius 3 is 2.50 bits per heavy atom. The fourth-order valence-corrected chi connectivity index (χ4v) is 3.50. The molecule has 0 saturated heterocycles. The van der Waals surface area contributed by atoms with Crippen LogP contribution in [0.5, 0.6) is 5.75 Å². The van der Waals surface area contributed by atoms with E-state index in [1.165, 1.54) is 12.1 Å². The summed E-state index contributed by atoms with van der Waals surface area (Å²) in [6.07, 6.45) is 0.522. The van der Waals surface area contributed by atoms with E-state index in [-0.39, 0.29) is 30.4 Å². The first-order valence-corrected chi connectivity index (χ1v) is 9.74. The highest BCUT2D eigenvalue weighted by Gasteiger charge is 2.52. The van der Waals surface area contributed by atoms with E-state index in [4.69, 9.17) is 32.7 Å². The van der Waals surface area contributed by atoms with Gasteiger partial charge in [-0.15, -0.1) is 23.2 Å². The second-order valence-electron chi connectivity index (χ2n) is 5.40. The minimum absolute atomic E-state index is 0.0497. The molecule has 1 aliphatic rings. The van der Waals surface area contributed by atoms with Gasteiger partial charge < -0.3 is 9.47 Å². The Balaban J connectivity index is 1.74. The van der Waals surface area contributed by atoms with Crippen LogP contribution in [0.3, 0.4) is 0 Å². The first kappa shape index (κ1) is 19.3. The molecule has 1 aliphatic carbocycles. The van der Waals surface area contributed by atoms with Crippen molar-refractivity contribution in [1.29, 1.82) is 0 Å². The van der Waals surface area contributed by atoms with Gasteiger partial charge in [0.2, 0.25) is 10.0 Å². The number of halogens is 2. The SMILES string of the molecule is CCOc1ccc(S(=O)(=O)NCCC(=O)OCC2CC2(Cl)Cl)cc1. The first-order valence-electron chi connectivity index (χ1n) is 7.50. The van der Waals surface area contributed by atoms with Gasteiger partial charge in [-0.1, -0.05) is 0 Å². The van der Waals surface area contributed by atoms with Crippen LogP contribution >= 0.6 is 23.2 Å². The number of carbonyl (C=O) groups excluding carboxylic acids is 1. The molecule has 1 aromatic carbocycles. The molecule has 2 rings (SSSR count). The predicted molar refractivity (Wildman–Crippen MR) is 90.9 cm³/mol. The summed E-state index contributed by atoms with van der Waals surface area (Å²) in [7, 11) is -3.68. The molecule has 1 unspecified atom stereocenters. The van der Waals surface area contributed by atoms with Crippen LogP contribution in [-0.4, -0.2) is 38.5 Å². The lowest BCUT2D eigenvalue weighted by Gasteiger charge is -2.08. The fraction of sp³-hybridized carbons (Fsp3) is 0.533. The molecule has 0 aromatic heterocycles. The van der Waals surface area contributed by atoms with Gasteiger partial charge >= 0.3 is 5.97 Å². The maximum absolute atomic E-state index is 12.1. The minimum Gasteiger partial charge on any atom is -0.494 e. The summed E-state index contributed by atoms with van der Waals surface area (Å²) in [5, 5.41) is 0. The molecule has 0 amide bonds. The highest BCUT2D eigenvalue weighted by molar-refractivity contribution is 7.89. The molecule has 0 heterocycles. The number of hydrogen-bond acceptors (Lipinski definition) is 5. The summed E-state index contributed by atoms with van der Waals surface area (Å²) < 4.78 is 36.0. The summed E-state index contributed by atoms with van der Waals surface area (Å²) in [5.41, 5.74) is 0. The topological polar surface area (TPSA) is 81.7 Å². The van der Waals surface area contributed by atoms with E-state index in [9.17, 15) is 13.2 Å². The highest BCUT2D eigenvalue weighted by atomic mass is 35.5. The quantitative estimate of drug-likeness (QED) is 0.512. The van der Waals surface area contributed by atoms with E-state index in [1.807, 2.05) is 6.92 Å². The molecule has 0 spiro atoms. The lowest BCUT2D eigenvalue weighted by atomic mass is 10.3. The fourth-order valence-electron chi connectivity index (χ4n) is 1.97. The number of carbonyl (C=O) groups is 1. The lowest BCUT2D eigenvalue weighted by molar-refractivity contribution is -0.143. The normalized spacial score (nSPS) is 18.9. The Kier molecular flexibility index (Phi) is 6.36.